The van der Waals surface area contributed by atoms with Gasteiger partial charge in [0, 0.05) is 44.2 Å². The number of aromatic nitrogens is 1. The first-order valence-corrected chi connectivity index (χ1v) is 19.3. The smallest absolute Gasteiger partial charge is 0.0541 e. The van der Waals surface area contributed by atoms with Crippen LogP contribution >= 0.6 is 11.8 Å². The third kappa shape index (κ3) is 5.80. The van der Waals surface area contributed by atoms with Gasteiger partial charge in [-0.1, -0.05) is 121 Å². The lowest BCUT2D eigenvalue weighted by Crippen LogP contribution is -2.09. The molecule has 0 saturated carbocycles. The predicted octanol–water partition coefficient (Wildman–Crippen LogP) is 13.9. The van der Waals surface area contributed by atoms with Crippen LogP contribution in [-0.2, 0) is 6.42 Å². The Morgan fingerprint density at radius 2 is 0.887 bits per heavy atom. The van der Waals surface area contributed by atoms with Gasteiger partial charge in [-0.15, -0.1) is 11.8 Å². The molecule has 53 heavy (non-hydrogen) atoms. The molecule has 1 aromatic heterocycles. The van der Waals surface area contributed by atoms with Gasteiger partial charge in [-0.3, -0.25) is 0 Å². The minimum atomic E-state index is 1.12. The maximum atomic E-state index is 2.37. The number of benzene rings is 8. The number of thioether (sulfide) groups is 1. The first-order valence-electron chi connectivity index (χ1n) is 18.3. The Morgan fingerprint density at radius 1 is 0.396 bits per heavy atom. The van der Waals surface area contributed by atoms with E-state index in [0.29, 0.717) is 0 Å². The van der Waals surface area contributed by atoms with Crippen molar-refractivity contribution in [3.63, 3.8) is 0 Å². The number of hydrogen-bond donors (Lipinski definition) is 0. The average molecular weight is 697 g/mol. The molecule has 2 nitrogen and oxygen atoms in total. The van der Waals surface area contributed by atoms with Gasteiger partial charge < -0.3 is 9.47 Å². The largest absolute Gasteiger partial charge is 0.311 e. The second kappa shape index (κ2) is 13.4. The minimum absolute atomic E-state index is 1.12. The van der Waals surface area contributed by atoms with Crippen LogP contribution in [-0.4, -0.2) is 10.3 Å². The Balaban J connectivity index is 1.02. The first kappa shape index (κ1) is 31.4. The molecular formula is C50H36N2S. The predicted molar refractivity (Wildman–Crippen MR) is 226 cm³/mol. The zero-order valence-electron chi connectivity index (χ0n) is 29.2. The van der Waals surface area contributed by atoms with Gasteiger partial charge in [0.15, 0.2) is 0 Å². The molecule has 0 saturated heterocycles. The molecule has 1 aliphatic rings. The molecule has 252 valence electrons. The zero-order valence-corrected chi connectivity index (χ0v) is 30.0. The Bertz CT molecular complexity index is 2710. The van der Waals surface area contributed by atoms with Crippen LogP contribution < -0.4 is 4.90 Å². The highest BCUT2D eigenvalue weighted by atomic mass is 32.2. The monoisotopic (exact) mass is 696 g/mol. The van der Waals surface area contributed by atoms with Crippen molar-refractivity contribution in [2.24, 2.45) is 0 Å². The third-order valence-electron chi connectivity index (χ3n) is 10.5. The van der Waals surface area contributed by atoms with Gasteiger partial charge in [-0.2, -0.15) is 0 Å². The van der Waals surface area contributed by atoms with Crippen LogP contribution in [0.5, 0.6) is 0 Å². The number of nitrogens with zero attached hydrogens (tertiary/aromatic N) is 2. The summed E-state index contributed by atoms with van der Waals surface area (Å²) in [5.41, 5.74) is 15.8. The van der Waals surface area contributed by atoms with Crippen LogP contribution in [0.3, 0.4) is 0 Å². The van der Waals surface area contributed by atoms with Crippen molar-refractivity contribution < 1.29 is 0 Å². The van der Waals surface area contributed by atoms with E-state index in [2.05, 4.69) is 204 Å². The first-order chi connectivity index (χ1) is 26.3. The number of anilines is 3. The summed E-state index contributed by atoms with van der Waals surface area (Å²) in [5.74, 6) is 1.18. The summed E-state index contributed by atoms with van der Waals surface area (Å²) < 4.78 is 2.37. The lowest BCUT2D eigenvalue weighted by atomic mass is 10.0. The van der Waals surface area contributed by atoms with Crippen molar-refractivity contribution >= 4 is 50.6 Å². The molecular weight excluding hydrogens is 661 g/mol. The number of para-hydroxylation sites is 2. The highest BCUT2D eigenvalue weighted by molar-refractivity contribution is 7.99. The fourth-order valence-corrected chi connectivity index (χ4v) is 8.91. The summed E-state index contributed by atoms with van der Waals surface area (Å²) in [6, 6.07) is 70.7. The summed E-state index contributed by atoms with van der Waals surface area (Å²) in [5, 5.41) is 2.52. The maximum absolute atomic E-state index is 2.37. The van der Waals surface area contributed by atoms with Gasteiger partial charge in [0.1, 0.15) is 0 Å². The van der Waals surface area contributed by atoms with E-state index in [4.69, 9.17) is 0 Å². The standard InChI is InChI=1S/C50H36N2S/c1-3-9-35(10-4-1)36-15-23-43(24-16-36)51(44-25-17-37(18-26-44)39-22-30-50-41(33-39)31-32-53-50)45-27-19-38(20-28-45)40-21-29-49-47(34-40)46-13-7-8-14-48(46)52(49)42-11-5-2-6-12-42/h1-30,33-34H,31-32H2. The number of rotatable bonds is 7. The number of fused-ring (bicyclic) bond motifs is 4. The Labute approximate surface area is 314 Å². The van der Waals surface area contributed by atoms with Gasteiger partial charge >= 0.3 is 0 Å². The Hall–Kier alpha value is -6.29. The molecule has 0 unspecified atom stereocenters. The van der Waals surface area contributed by atoms with Crippen LogP contribution in [0, 0.1) is 0 Å². The molecule has 0 fully saturated rings. The molecule has 0 N–H and O–H groups in total. The second-order valence-electron chi connectivity index (χ2n) is 13.7. The molecule has 0 aliphatic carbocycles. The van der Waals surface area contributed by atoms with E-state index in [9.17, 15) is 0 Å². The lowest BCUT2D eigenvalue weighted by Gasteiger charge is -2.26. The van der Waals surface area contributed by atoms with E-state index < -0.39 is 0 Å². The van der Waals surface area contributed by atoms with Gasteiger partial charge in [-0.25, -0.2) is 0 Å². The van der Waals surface area contributed by atoms with Gasteiger partial charge in [0.05, 0.1) is 11.0 Å². The van der Waals surface area contributed by atoms with E-state index in [0.717, 1.165) is 23.5 Å². The topological polar surface area (TPSA) is 8.17 Å². The van der Waals surface area contributed by atoms with Crippen LogP contribution in [0.15, 0.2) is 199 Å². The second-order valence-corrected chi connectivity index (χ2v) is 14.8. The van der Waals surface area contributed by atoms with E-state index in [1.807, 2.05) is 11.8 Å². The minimum Gasteiger partial charge on any atom is -0.311 e. The van der Waals surface area contributed by atoms with Crippen LogP contribution in [0.2, 0.25) is 0 Å². The van der Waals surface area contributed by atoms with Gasteiger partial charge in [-0.05, 0) is 118 Å². The average Bonchev–Trinajstić information content (AvgIpc) is 3.84. The maximum Gasteiger partial charge on any atom is 0.0541 e. The van der Waals surface area contributed by atoms with Crippen molar-refractivity contribution in [1.29, 1.82) is 0 Å². The van der Waals surface area contributed by atoms with Crippen molar-refractivity contribution in [2.45, 2.75) is 11.3 Å². The van der Waals surface area contributed by atoms with Crippen molar-refractivity contribution in [2.75, 3.05) is 10.7 Å². The van der Waals surface area contributed by atoms with Crippen molar-refractivity contribution in [1.82, 2.24) is 4.57 Å². The molecule has 2 heterocycles. The van der Waals surface area contributed by atoms with Crippen LogP contribution in [0.1, 0.15) is 5.56 Å². The van der Waals surface area contributed by atoms with E-state index in [1.54, 1.807) is 0 Å². The summed E-state index contributed by atoms with van der Waals surface area (Å²) in [6.07, 6.45) is 1.15. The highest BCUT2D eigenvalue weighted by Crippen LogP contribution is 2.40. The fourth-order valence-electron chi connectivity index (χ4n) is 7.86. The number of aryl methyl sites for hydroxylation is 1. The SMILES string of the molecule is c1ccc(-c2ccc(N(c3ccc(-c4ccc5c(c4)CCS5)cc3)c3ccc(-c4ccc5c(c4)c4ccccc4n5-c4ccccc4)cc3)cc2)cc1. The summed E-state index contributed by atoms with van der Waals surface area (Å²) >= 11 is 1.97. The van der Waals surface area contributed by atoms with E-state index >= 15 is 0 Å². The molecule has 8 aromatic carbocycles. The van der Waals surface area contributed by atoms with Crippen LogP contribution in [0.25, 0.3) is 60.9 Å². The molecule has 0 atom stereocenters. The highest BCUT2D eigenvalue weighted by Gasteiger charge is 2.17. The van der Waals surface area contributed by atoms with Gasteiger partial charge in [0.25, 0.3) is 0 Å². The lowest BCUT2D eigenvalue weighted by molar-refractivity contribution is 1.15. The Morgan fingerprint density at radius 3 is 1.55 bits per heavy atom. The molecule has 1 aliphatic heterocycles. The number of hydrogen-bond acceptors (Lipinski definition) is 2. The van der Waals surface area contributed by atoms with Gasteiger partial charge in [0.2, 0.25) is 0 Å². The molecule has 0 bridgehead atoms. The van der Waals surface area contributed by atoms with E-state index in [-0.39, 0.29) is 0 Å². The third-order valence-corrected chi connectivity index (χ3v) is 11.6. The van der Waals surface area contributed by atoms with E-state index in [1.165, 1.54) is 77.1 Å². The molecule has 10 rings (SSSR count). The Kier molecular flexibility index (Phi) is 7.92. The quantitative estimate of drug-likeness (QED) is 0.164. The van der Waals surface area contributed by atoms with Crippen molar-refractivity contribution in [3.8, 4) is 39.1 Å². The molecule has 0 amide bonds. The molecule has 0 radical (unpaired) electrons. The van der Waals surface area contributed by atoms with Crippen molar-refractivity contribution in [3.05, 3.63) is 200 Å². The summed E-state index contributed by atoms with van der Waals surface area (Å²) in [4.78, 5) is 3.79. The van der Waals surface area contributed by atoms with Crippen LogP contribution in [0.4, 0.5) is 17.1 Å². The fraction of sp³-hybridized carbons (Fsp3) is 0.0400. The molecule has 0 spiro atoms. The summed E-state index contributed by atoms with van der Waals surface area (Å²) in [6.45, 7) is 0. The zero-order chi connectivity index (χ0) is 35.1. The molecule has 3 heteroatoms. The summed E-state index contributed by atoms with van der Waals surface area (Å²) in [7, 11) is 0. The molecule has 9 aromatic rings. The normalized spacial score (nSPS) is 12.3.